The largest absolute Gasteiger partial charge is 0.439 e. The summed E-state index contributed by atoms with van der Waals surface area (Å²) >= 11 is 0. The van der Waals surface area contributed by atoms with Crippen LogP contribution in [-0.4, -0.2) is 60.1 Å². The smallest absolute Gasteiger partial charge is 0.417 e. The number of hydrogen-bond acceptors (Lipinski definition) is 4. The van der Waals surface area contributed by atoms with Gasteiger partial charge in [-0.25, -0.2) is 14.5 Å². The Kier molecular flexibility index (Phi) is 4.45. The molecule has 7 heteroatoms. The average Bonchev–Trinajstić information content (AvgIpc) is 3.15. The second-order valence-corrected chi connectivity index (χ2v) is 5.67. The van der Waals surface area contributed by atoms with Crippen LogP contribution in [0.3, 0.4) is 0 Å². The van der Waals surface area contributed by atoms with Crippen LogP contribution in [0, 0.1) is 0 Å². The molecule has 3 rings (SSSR count). The molecule has 2 saturated heterocycles. The van der Waals surface area contributed by atoms with Gasteiger partial charge in [-0.1, -0.05) is 30.3 Å². The highest BCUT2D eigenvalue weighted by Crippen LogP contribution is 2.20. The lowest BCUT2D eigenvalue weighted by molar-refractivity contribution is -0.127. The number of cyclic esters (lactones) is 1. The van der Waals surface area contributed by atoms with Crippen LogP contribution in [0.2, 0.25) is 0 Å². The molecule has 1 aromatic carbocycles. The third-order valence-corrected chi connectivity index (χ3v) is 4.13. The van der Waals surface area contributed by atoms with Crippen molar-refractivity contribution in [1.82, 2.24) is 15.1 Å². The first-order valence-corrected chi connectivity index (χ1v) is 7.70. The number of urea groups is 1. The van der Waals surface area contributed by atoms with Gasteiger partial charge in [-0.3, -0.25) is 4.79 Å². The topological polar surface area (TPSA) is 79.0 Å². The quantitative estimate of drug-likeness (QED) is 0.898. The first-order valence-electron chi connectivity index (χ1n) is 7.70. The van der Waals surface area contributed by atoms with Gasteiger partial charge >= 0.3 is 12.1 Å². The molecule has 2 aliphatic rings. The Hall–Kier alpha value is -2.57. The van der Waals surface area contributed by atoms with E-state index in [4.69, 9.17) is 4.74 Å². The Labute approximate surface area is 134 Å². The lowest BCUT2D eigenvalue weighted by Gasteiger charge is -2.20. The van der Waals surface area contributed by atoms with Gasteiger partial charge in [0.1, 0.15) is 0 Å². The van der Waals surface area contributed by atoms with E-state index in [1.165, 1.54) is 0 Å². The second-order valence-electron chi connectivity index (χ2n) is 5.67. The van der Waals surface area contributed by atoms with Gasteiger partial charge in [-0.05, 0) is 18.4 Å². The average molecular weight is 317 g/mol. The van der Waals surface area contributed by atoms with Crippen LogP contribution in [0.25, 0.3) is 0 Å². The van der Waals surface area contributed by atoms with Gasteiger partial charge in [0.25, 0.3) is 5.91 Å². The maximum absolute atomic E-state index is 12.2. The molecule has 1 N–H and O–H groups in total. The van der Waals surface area contributed by atoms with Gasteiger partial charge in [0.2, 0.25) is 0 Å². The summed E-state index contributed by atoms with van der Waals surface area (Å²) in [5.41, 5.74) is 1.16. The predicted molar refractivity (Wildman–Crippen MR) is 81.7 cm³/mol. The van der Waals surface area contributed by atoms with Gasteiger partial charge < -0.3 is 15.0 Å². The van der Waals surface area contributed by atoms with Crippen molar-refractivity contribution in [3.05, 3.63) is 35.9 Å². The molecule has 7 nitrogen and oxygen atoms in total. The van der Waals surface area contributed by atoms with E-state index in [-0.39, 0.29) is 24.6 Å². The van der Waals surface area contributed by atoms with E-state index in [1.54, 1.807) is 4.90 Å². The summed E-state index contributed by atoms with van der Waals surface area (Å²) < 4.78 is 4.72. The molecule has 1 aromatic rings. The van der Waals surface area contributed by atoms with E-state index in [2.05, 4.69) is 5.32 Å². The van der Waals surface area contributed by atoms with Gasteiger partial charge in [-0.15, -0.1) is 0 Å². The summed E-state index contributed by atoms with van der Waals surface area (Å²) in [6.45, 7) is 1.24. The van der Waals surface area contributed by atoms with Crippen molar-refractivity contribution in [3.8, 4) is 0 Å². The number of rotatable bonds is 4. The van der Waals surface area contributed by atoms with Crippen molar-refractivity contribution in [2.45, 2.75) is 18.9 Å². The Morgan fingerprint density at radius 2 is 2.04 bits per heavy atom. The lowest BCUT2D eigenvalue weighted by Crippen LogP contribution is -2.44. The van der Waals surface area contributed by atoms with Crippen molar-refractivity contribution < 1.29 is 19.1 Å². The van der Waals surface area contributed by atoms with Crippen LogP contribution in [0.5, 0.6) is 0 Å². The first-order chi connectivity index (χ1) is 11.1. The van der Waals surface area contributed by atoms with Crippen LogP contribution in [-0.2, 0) is 16.0 Å². The minimum atomic E-state index is -0.605. The third-order valence-electron chi connectivity index (χ3n) is 4.13. The Morgan fingerprint density at radius 3 is 2.74 bits per heavy atom. The van der Waals surface area contributed by atoms with Crippen LogP contribution in [0.1, 0.15) is 12.0 Å². The van der Waals surface area contributed by atoms with Crippen molar-refractivity contribution >= 4 is 18.0 Å². The fourth-order valence-electron chi connectivity index (χ4n) is 2.92. The highest BCUT2D eigenvalue weighted by atomic mass is 16.6. The molecular weight excluding hydrogens is 298 g/mol. The molecule has 23 heavy (non-hydrogen) atoms. The maximum atomic E-state index is 12.2. The first kappa shape index (κ1) is 15.3. The predicted octanol–water partition coefficient (Wildman–Crippen LogP) is 0.992. The number of likely N-dealkylation sites (tertiary alicyclic amines) is 1. The molecule has 0 aromatic heterocycles. The number of carbonyl (C=O) groups excluding carboxylic acids is 3. The number of imide groups is 1. The van der Waals surface area contributed by atoms with E-state index >= 15 is 0 Å². The summed E-state index contributed by atoms with van der Waals surface area (Å²) in [5, 5.41) is 2.87. The summed E-state index contributed by atoms with van der Waals surface area (Å²) in [5.74, 6) is -0.327. The number of nitrogens with one attached hydrogen (secondary N) is 1. The normalized spacial score (nSPS) is 20.8. The molecule has 2 fully saturated rings. The van der Waals surface area contributed by atoms with E-state index < -0.39 is 6.09 Å². The molecule has 0 bridgehead atoms. The van der Waals surface area contributed by atoms with E-state index in [0.29, 0.717) is 26.1 Å². The van der Waals surface area contributed by atoms with Crippen molar-refractivity contribution in [1.29, 1.82) is 0 Å². The van der Waals surface area contributed by atoms with E-state index in [1.807, 2.05) is 30.3 Å². The van der Waals surface area contributed by atoms with E-state index in [9.17, 15) is 14.4 Å². The lowest BCUT2D eigenvalue weighted by atomic mass is 10.1. The van der Waals surface area contributed by atoms with Gasteiger partial charge in [-0.2, -0.15) is 0 Å². The fourth-order valence-corrected chi connectivity index (χ4v) is 2.92. The molecule has 0 aliphatic carbocycles. The number of amides is 4. The van der Waals surface area contributed by atoms with Crippen molar-refractivity contribution in [2.24, 2.45) is 0 Å². The summed E-state index contributed by atoms with van der Waals surface area (Å²) in [7, 11) is 0. The number of hydrogen-bond donors (Lipinski definition) is 1. The molecule has 2 heterocycles. The maximum Gasteiger partial charge on any atom is 0.417 e. The molecule has 0 radical (unpaired) electrons. The van der Waals surface area contributed by atoms with Gasteiger partial charge in [0.15, 0.2) is 6.61 Å². The van der Waals surface area contributed by atoms with Gasteiger partial charge in [0, 0.05) is 19.6 Å². The monoisotopic (exact) mass is 317 g/mol. The molecule has 122 valence electrons. The second kappa shape index (κ2) is 6.68. The zero-order valence-corrected chi connectivity index (χ0v) is 12.7. The summed E-state index contributed by atoms with van der Waals surface area (Å²) in [4.78, 5) is 38.1. The number of carbonyl (C=O) groups is 3. The Bertz CT molecular complexity index is 589. The number of nitrogens with zero attached hydrogens (tertiary/aromatic N) is 2. The molecule has 2 aliphatic heterocycles. The molecular formula is C16H19N3O4. The minimum Gasteiger partial charge on any atom is -0.439 e. The molecule has 1 atom stereocenters. The molecule has 0 saturated carbocycles. The Balaban J connectivity index is 1.46. The standard InChI is InChI=1S/C16H19N3O4/c20-14-11-23-16(22)19(14)13-7-9-18(10-13)15(21)17-8-6-12-4-2-1-3-5-12/h1-5,13H,6-11H2,(H,17,21). The summed E-state index contributed by atoms with van der Waals surface area (Å²) in [6.07, 6.45) is 0.750. The zero-order chi connectivity index (χ0) is 16.2. The minimum absolute atomic E-state index is 0.163. The molecule has 0 spiro atoms. The fraction of sp³-hybridized carbons (Fsp3) is 0.438. The van der Waals surface area contributed by atoms with Gasteiger partial charge in [0.05, 0.1) is 6.04 Å². The third kappa shape index (κ3) is 3.44. The summed E-state index contributed by atoms with van der Waals surface area (Å²) in [6, 6.07) is 9.48. The van der Waals surface area contributed by atoms with Crippen molar-refractivity contribution in [2.75, 3.05) is 26.2 Å². The Morgan fingerprint density at radius 1 is 1.26 bits per heavy atom. The van der Waals surface area contributed by atoms with Crippen LogP contribution in [0.15, 0.2) is 30.3 Å². The van der Waals surface area contributed by atoms with Crippen LogP contribution < -0.4 is 5.32 Å². The zero-order valence-electron chi connectivity index (χ0n) is 12.7. The highest BCUT2D eigenvalue weighted by molar-refractivity contribution is 5.98. The molecule has 1 unspecified atom stereocenters. The highest BCUT2D eigenvalue weighted by Gasteiger charge is 2.41. The number of ether oxygens (including phenoxy) is 1. The SMILES string of the molecule is O=C(NCCc1ccccc1)N1CCC(N2C(=O)COC2=O)C1. The van der Waals surface area contributed by atoms with Crippen LogP contribution in [0.4, 0.5) is 9.59 Å². The van der Waals surface area contributed by atoms with Crippen LogP contribution >= 0.6 is 0 Å². The van der Waals surface area contributed by atoms with Crippen molar-refractivity contribution in [3.63, 3.8) is 0 Å². The number of benzene rings is 1. The van der Waals surface area contributed by atoms with E-state index in [0.717, 1.165) is 16.9 Å². The molecule has 4 amide bonds.